The van der Waals surface area contributed by atoms with E-state index in [1.165, 1.54) is 11.1 Å². The van der Waals surface area contributed by atoms with Crippen molar-refractivity contribution >= 4 is 29.3 Å². The summed E-state index contributed by atoms with van der Waals surface area (Å²) in [4.78, 5) is 18.4. The number of aromatic nitrogens is 3. The number of allylic oxidation sites excluding steroid dienone is 1. The quantitative estimate of drug-likeness (QED) is 0.291. The number of methoxy groups -OCH3 is 1. The van der Waals surface area contributed by atoms with Gasteiger partial charge >= 0.3 is 0 Å². The third-order valence-electron chi connectivity index (χ3n) is 6.27. The van der Waals surface area contributed by atoms with Crippen LogP contribution in [0.2, 0.25) is 0 Å². The molecule has 1 aliphatic heterocycles. The molecule has 1 amide bonds. The number of nitrogens with zero attached hydrogens (tertiary/aromatic N) is 3. The van der Waals surface area contributed by atoms with Crippen LogP contribution in [0.15, 0.2) is 89.2 Å². The molecule has 4 aromatic rings. The van der Waals surface area contributed by atoms with E-state index < -0.39 is 6.04 Å². The number of ether oxygens (including phenoxy) is 1. The lowest BCUT2D eigenvalue weighted by Crippen LogP contribution is -2.31. The number of benzene rings is 3. The molecule has 37 heavy (non-hydrogen) atoms. The molecule has 0 aliphatic carbocycles. The van der Waals surface area contributed by atoms with Crippen LogP contribution in [0, 0.1) is 13.8 Å². The zero-order valence-corrected chi connectivity index (χ0v) is 22.1. The first-order chi connectivity index (χ1) is 17.9. The van der Waals surface area contributed by atoms with E-state index in [2.05, 4.69) is 54.0 Å². The molecule has 5 rings (SSSR count). The summed E-state index contributed by atoms with van der Waals surface area (Å²) < 4.78 is 7.05. The summed E-state index contributed by atoms with van der Waals surface area (Å²) in [5.74, 6) is 1.91. The van der Waals surface area contributed by atoms with Crippen molar-refractivity contribution in [1.82, 2.24) is 14.8 Å². The van der Waals surface area contributed by atoms with E-state index in [0.29, 0.717) is 22.4 Å². The maximum absolute atomic E-state index is 13.6. The number of hydrogen-bond acceptors (Lipinski definition) is 6. The molecule has 1 aliphatic rings. The fraction of sp³-hybridized carbons (Fsp3) is 0.207. The van der Waals surface area contributed by atoms with Gasteiger partial charge in [0.2, 0.25) is 11.1 Å². The minimum atomic E-state index is -0.420. The van der Waals surface area contributed by atoms with Crippen molar-refractivity contribution in [1.29, 1.82) is 0 Å². The Kier molecular flexibility index (Phi) is 7.01. The number of fused-ring (bicyclic) bond motifs is 1. The van der Waals surface area contributed by atoms with E-state index in [0.717, 1.165) is 28.3 Å². The second kappa shape index (κ2) is 10.5. The molecule has 188 valence electrons. The smallest absolute Gasteiger partial charge is 0.255 e. The molecule has 2 heterocycles. The van der Waals surface area contributed by atoms with Crippen LogP contribution >= 0.6 is 11.8 Å². The lowest BCUT2D eigenvalue weighted by molar-refractivity contribution is -0.113. The monoisotopic (exact) mass is 511 g/mol. The van der Waals surface area contributed by atoms with Crippen LogP contribution in [-0.4, -0.2) is 27.8 Å². The zero-order valence-electron chi connectivity index (χ0n) is 21.3. The molecule has 0 bridgehead atoms. The molecule has 0 saturated heterocycles. The maximum atomic E-state index is 13.6. The van der Waals surface area contributed by atoms with Gasteiger partial charge in [-0.15, -0.1) is 5.10 Å². The highest BCUT2D eigenvalue weighted by molar-refractivity contribution is 7.98. The predicted molar refractivity (Wildman–Crippen MR) is 148 cm³/mol. The van der Waals surface area contributed by atoms with E-state index in [9.17, 15) is 4.79 Å². The molecular weight excluding hydrogens is 482 g/mol. The van der Waals surface area contributed by atoms with Crippen LogP contribution in [0.5, 0.6) is 5.75 Å². The second-order valence-corrected chi connectivity index (χ2v) is 10.0. The molecule has 2 N–H and O–H groups in total. The zero-order chi connectivity index (χ0) is 25.9. The molecule has 1 atom stereocenters. The lowest BCUT2D eigenvalue weighted by Gasteiger charge is -2.28. The topological polar surface area (TPSA) is 81.1 Å². The van der Waals surface area contributed by atoms with Crippen LogP contribution in [0.25, 0.3) is 0 Å². The fourth-order valence-corrected chi connectivity index (χ4v) is 5.14. The van der Waals surface area contributed by atoms with Gasteiger partial charge < -0.3 is 15.4 Å². The Balaban J connectivity index is 1.46. The van der Waals surface area contributed by atoms with Gasteiger partial charge in [-0.25, -0.2) is 4.68 Å². The summed E-state index contributed by atoms with van der Waals surface area (Å²) >= 11 is 1.58. The molecule has 8 heteroatoms. The van der Waals surface area contributed by atoms with Crippen molar-refractivity contribution in [2.45, 2.75) is 37.7 Å². The standard InChI is InChI=1S/C29H29N5O2S/c1-18-8-10-22(11-9-18)26-25(27(35)31-23-12-14-24(36-4)15-13-23)20(3)30-28-32-29(33-34(26)28)37-17-21-7-5-6-19(2)16-21/h5-16,26H,17H2,1-4H3,(H,31,35)(H,30,32,33)/t26-/m0/s1. The lowest BCUT2D eigenvalue weighted by atomic mass is 9.94. The Morgan fingerprint density at radius 3 is 2.49 bits per heavy atom. The number of carbonyl (C=O) groups excluding carboxylic acids is 1. The Hall–Kier alpha value is -4.04. The van der Waals surface area contributed by atoms with Gasteiger partial charge in [-0.3, -0.25) is 4.79 Å². The molecule has 0 spiro atoms. The molecule has 7 nitrogen and oxygen atoms in total. The van der Waals surface area contributed by atoms with Crippen molar-refractivity contribution in [3.05, 3.63) is 106 Å². The van der Waals surface area contributed by atoms with Gasteiger partial charge in [0.25, 0.3) is 5.91 Å². The summed E-state index contributed by atoms with van der Waals surface area (Å²) in [6.07, 6.45) is 0. The van der Waals surface area contributed by atoms with Gasteiger partial charge in [-0.1, -0.05) is 71.4 Å². The average Bonchev–Trinajstić information content (AvgIpc) is 3.30. The molecule has 0 unspecified atom stereocenters. The van der Waals surface area contributed by atoms with Crippen molar-refractivity contribution < 1.29 is 9.53 Å². The average molecular weight is 512 g/mol. The number of carbonyl (C=O) groups is 1. The minimum absolute atomic E-state index is 0.198. The van der Waals surface area contributed by atoms with Crippen molar-refractivity contribution in [2.75, 3.05) is 17.7 Å². The normalized spacial score (nSPS) is 14.6. The van der Waals surface area contributed by atoms with Gasteiger partial charge in [-0.05, 0) is 56.2 Å². The molecule has 3 aromatic carbocycles. The van der Waals surface area contributed by atoms with Crippen molar-refractivity contribution in [2.24, 2.45) is 0 Å². The number of nitrogens with one attached hydrogen (secondary N) is 2. The highest BCUT2D eigenvalue weighted by Gasteiger charge is 2.34. The molecule has 0 fully saturated rings. The largest absolute Gasteiger partial charge is 0.497 e. The minimum Gasteiger partial charge on any atom is -0.497 e. The van der Waals surface area contributed by atoms with Crippen LogP contribution in [0.4, 0.5) is 11.6 Å². The van der Waals surface area contributed by atoms with Crippen molar-refractivity contribution in [3.8, 4) is 5.75 Å². The van der Waals surface area contributed by atoms with E-state index in [-0.39, 0.29) is 5.91 Å². The second-order valence-electron chi connectivity index (χ2n) is 9.10. The van der Waals surface area contributed by atoms with E-state index in [1.54, 1.807) is 18.9 Å². The first-order valence-corrected chi connectivity index (χ1v) is 13.0. The number of hydrogen-bond donors (Lipinski definition) is 2. The Morgan fingerprint density at radius 2 is 1.78 bits per heavy atom. The SMILES string of the molecule is COc1ccc(NC(=O)C2=C(C)Nc3nc(SCc4cccc(C)c4)nn3[C@H]2c2ccc(C)cc2)cc1. The first kappa shape index (κ1) is 24.6. The first-order valence-electron chi connectivity index (χ1n) is 12.1. The van der Waals surface area contributed by atoms with Crippen LogP contribution in [-0.2, 0) is 10.5 Å². The third-order valence-corrected chi connectivity index (χ3v) is 7.18. The van der Waals surface area contributed by atoms with Gasteiger partial charge in [0.15, 0.2) is 0 Å². The number of amides is 1. The maximum Gasteiger partial charge on any atom is 0.255 e. The Labute approximate surface area is 221 Å². The molecular formula is C29H29N5O2S. The van der Waals surface area contributed by atoms with E-state index >= 15 is 0 Å². The van der Waals surface area contributed by atoms with Gasteiger partial charge in [0.1, 0.15) is 11.8 Å². The summed E-state index contributed by atoms with van der Waals surface area (Å²) in [5, 5.41) is 11.8. The van der Waals surface area contributed by atoms with E-state index in [1.807, 2.05) is 54.9 Å². The number of thioether (sulfide) groups is 1. The highest BCUT2D eigenvalue weighted by atomic mass is 32.2. The van der Waals surface area contributed by atoms with Gasteiger partial charge in [0, 0.05) is 17.1 Å². The number of aryl methyl sites for hydroxylation is 2. The summed E-state index contributed by atoms with van der Waals surface area (Å²) in [7, 11) is 1.62. The number of anilines is 2. The van der Waals surface area contributed by atoms with E-state index in [4.69, 9.17) is 14.8 Å². The summed E-state index contributed by atoms with van der Waals surface area (Å²) in [6, 6.07) is 23.5. The van der Waals surface area contributed by atoms with Gasteiger partial charge in [0.05, 0.1) is 12.7 Å². The molecule has 0 radical (unpaired) electrons. The van der Waals surface area contributed by atoms with Crippen molar-refractivity contribution in [3.63, 3.8) is 0 Å². The Bertz CT molecular complexity index is 1460. The predicted octanol–water partition coefficient (Wildman–Crippen LogP) is 6.12. The van der Waals surface area contributed by atoms with Crippen LogP contribution in [0.1, 0.15) is 35.2 Å². The summed E-state index contributed by atoms with van der Waals surface area (Å²) in [6.45, 7) is 6.04. The molecule has 1 aromatic heterocycles. The van der Waals surface area contributed by atoms with Crippen LogP contribution in [0.3, 0.4) is 0 Å². The Morgan fingerprint density at radius 1 is 1.03 bits per heavy atom. The number of rotatable bonds is 7. The molecule has 0 saturated carbocycles. The van der Waals surface area contributed by atoms with Crippen LogP contribution < -0.4 is 15.4 Å². The summed E-state index contributed by atoms with van der Waals surface area (Å²) in [5.41, 5.74) is 6.58. The third kappa shape index (κ3) is 5.39. The van der Waals surface area contributed by atoms with Gasteiger partial charge in [-0.2, -0.15) is 4.98 Å². The highest BCUT2D eigenvalue weighted by Crippen LogP contribution is 2.37. The fourth-order valence-electron chi connectivity index (χ4n) is 4.37.